The third-order valence-corrected chi connectivity index (χ3v) is 7.58. The van der Waals surface area contributed by atoms with E-state index in [2.05, 4.69) is 10.6 Å². The molecule has 39 heavy (non-hydrogen) atoms. The maximum atomic E-state index is 13.3. The predicted molar refractivity (Wildman–Crippen MR) is 145 cm³/mol. The molecular weight excluding hydrogens is 524 g/mol. The fraction of sp³-hybridized carbons (Fsp3) is 0.185. The Morgan fingerprint density at radius 3 is 2.44 bits per heavy atom. The second-order valence-electron chi connectivity index (χ2n) is 8.53. The molecule has 12 heteroatoms. The summed E-state index contributed by atoms with van der Waals surface area (Å²) in [7, 11) is 1.92. The SMILES string of the molecule is COc1ccc(C(=O)NC(=Cc2cn(S(=O)(=O)N(C)C)c3ccccc23)C(=O)NCc2ccco2)cc1OC. The third kappa shape index (κ3) is 5.81. The van der Waals surface area contributed by atoms with E-state index in [0.717, 1.165) is 8.28 Å². The van der Waals surface area contributed by atoms with Crippen LogP contribution in [0.25, 0.3) is 17.0 Å². The topological polar surface area (TPSA) is 132 Å². The zero-order valence-corrected chi connectivity index (χ0v) is 22.6. The number of nitrogens with one attached hydrogen (secondary N) is 2. The van der Waals surface area contributed by atoms with Crippen molar-refractivity contribution in [1.29, 1.82) is 0 Å². The number of carbonyl (C=O) groups is 2. The molecule has 0 saturated carbocycles. The fourth-order valence-electron chi connectivity index (χ4n) is 3.82. The highest BCUT2D eigenvalue weighted by atomic mass is 32.2. The Morgan fingerprint density at radius 1 is 1.03 bits per heavy atom. The van der Waals surface area contributed by atoms with Crippen LogP contribution < -0.4 is 20.1 Å². The molecule has 0 bridgehead atoms. The monoisotopic (exact) mass is 552 g/mol. The van der Waals surface area contributed by atoms with E-state index in [1.165, 1.54) is 59.0 Å². The van der Waals surface area contributed by atoms with Gasteiger partial charge in [-0.15, -0.1) is 0 Å². The minimum atomic E-state index is -3.86. The van der Waals surface area contributed by atoms with Gasteiger partial charge in [-0.2, -0.15) is 12.7 Å². The van der Waals surface area contributed by atoms with E-state index in [9.17, 15) is 18.0 Å². The lowest BCUT2D eigenvalue weighted by Crippen LogP contribution is -2.34. The molecule has 0 aliphatic carbocycles. The van der Waals surface area contributed by atoms with Crippen molar-refractivity contribution in [3.05, 3.63) is 89.6 Å². The Balaban J connectivity index is 1.76. The smallest absolute Gasteiger partial charge is 0.307 e. The van der Waals surface area contributed by atoms with Crippen LogP contribution >= 0.6 is 0 Å². The number of benzene rings is 2. The summed E-state index contributed by atoms with van der Waals surface area (Å²) in [5.74, 6) is 0.112. The molecule has 11 nitrogen and oxygen atoms in total. The minimum Gasteiger partial charge on any atom is -0.493 e. The van der Waals surface area contributed by atoms with Crippen molar-refractivity contribution in [2.24, 2.45) is 0 Å². The number of aromatic nitrogens is 1. The van der Waals surface area contributed by atoms with Crippen molar-refractivity contribution in [3.63, 3.8) is 0 Å². The summed E-state index contributed by atoms with van der Waals surface area (Å²) in [6.07, 6.45) is 4.32. The van der Waals surface area contributed by atoms with E-state index in [1.807, 2.05) is 0 Å². The van der Waals surface area contributed by atoms with Crippen LogP contribution in [0.5, 0.6) is 11.5 Å². The van der Waals surface area contributed by atoms with Crippen LogP contribution in [0.3, 0.4) is 0 Å². The van der Waals surface area contributed by atoms with Gasteiger partial charge < -0.3 is 24.5 Å². The van der Waals surface area contributed by atoms with Crippen LogP contribution in [0.2, 0.25) is 0 Å². The van der Waals surface area contributed by atoms with E-state index in [1.54, 1.807) is 42.5 Å². The fourth-order valence-corrected chi connectivity index (χ4v) is 4.83. The van der Waals surface area contributed by atoms with Crippen molar-refractivity contribution >= 4 is 39.0 Å². The van der Waals surface area contributed by atoms with Gasteiger partial charge in [-0.25, -0.2) is 3.97 Å². The molecule has 2 aromatic carbocycles. The van der Waals surface area contributed by atoms with Crippen LogP contribution in [0.4, 0.5) is 0 Å². The molecule has 2 amide bonds. The van der Waals surface area contributed by atoms with Crippen LogP contribution in [0, 0.1) is 0 Å². The first-order chi connectivity index (χ1) is 18.6. The van der Waals surface area contributed by atoms with Gasteiger partial charge in [0.05, 0.1) is 32.5 Å². The molecule has 0 atom stereocenters. The lowest BCUT2D eigenvalue weighted by Gasteiger charge is -2.13. The number of furan rings is 1. The van der Waals surface area contributed by atoms with Crippen molar-refractivity contribution in [2.75, 3.05) is 28.3 Å². The quantitative estimate of drug-likeness (QED) is 0.289. The Bertz CT molecular complexity index is 1640. The summed E-state index contributed by atoms with van der Waals surface area (Å²) in [5.41, 5.74) is 0.937. The molecule has 4 aromatic rings. The lowest BCUT2D eigenvalue weighted by atomic mass is 10.1. The van der Waals surface area contributed by atoms with E-state index in [0.29, 0.717) is 33.7 Å². The highest BCUT2D eigenvalue weighted by Gasteiger charge is 2.22. The number of hydrogen-bond donors (Lipinski definition) is 2. The van der Waals surface area contributed by atoms with E-state index < -0.39 is 22.0 Å². The molecule has 0 saturated heterocycles. The first-order valence-electron chi connectivity index (χ1n) is 11.7. The molecule has 0 fully saturated rings. The Morgan fingerprint density at radius 2 is 1.77 bits per heavy atom. The van der Waals surface area contributed by atoms with E-state index >= 15 is 0 Å². The van der Waals surface area contributed by atoms with E-state index in [4.69, 9.17) is 13.9 Å². The Labute approximate surface area is 225 Å². The summed E-state index contributed by atoms with van der Waals surface area (Å²) < 4.78 is 44.0. The number of methoxy groups -OCH3 is 2. The van der Waals surface area contributed by atoms with Crippen molar-refractivity contribution in [2.45, 2.75) is 6.54 Å². The number of carbonyl (C=O) groups excluding carboxylic acids is 2. The molecule has 0 radical (unpaired) electrons. The summed E-state index contributed by atoms with van der Waals surface area (Å²) in [6.45, 7) is 0.0756. The van der Waals surface area contributed by atoms with Crippen LogP contribution in [0.1, 0.15) is 21.7 Å². The number of fused-ring (bicyclic) bond motifs is 1. The molecule has 0 aliphatic heterocycles. The maximum absolute atomic E-state index is 13.3. The normalized spacial score (nSPS) is 12.0. The zero-order chi connectivity index (χ0) is 28.2. The highest BCUT2D eigenvalue weighted by Crippen LogP contribution is 2.28. The zero-order valence-electron chi connectivity index (χ0n) is 21.8. The van der Waals surface area contributed by atoms with Crippen molar-refractivity contribution in [1.82, 2.24) is 18.9 Å². The highest BCUT2D eigenvalue weighted by molar-refractivity contribution is 7.87. The summed E-state index contributed by atoms with van der Waals surface area (Å²) in [6, 6.07) is 14.9. The molecule has 4 rings (SSSR count). The molecular formula is C27H28N4O7S. The Kier molecular flexibility index (Phi) is 8.07. The van der Waals surface area contributed by atoms with Gasteiger partial charge >= 0.3 is 10.2 Å². The van der Waals surface area contributed by atoms with Crippen molar-refractivity contribution < 1.29 is 31.9 Å². The molecule has 2 aromatic heterocycles. The first-order valence-corrected chi connectivity index (χ1v) is 13.1. The standard InChI is InChI=1S/C27H28N4O7S/c1-30(2)39(34,35)31-17-19(21-9-5-6-10-23(21)31)14-22(27(33)28-16-20-8-7-13-38-20)29-26(32)18-11-12-24(36-3)25(15-18)37-4/h5-15,17H,16H2,1-4H3,(H,28,33)(H,29,32). The molecule has 2 N–H and O–H groups in total. The minimum absolute atomic E-state index is 0.0756. The van der Waals surface area contributed by atoms with Gasteiger partial charge in [-0.3, -0.25) is 9.59 Å². The average Bonchev–Trinajstić information content (AvgIpc) is 3.59. The van der Waals surface area contributed by atoms with Crippen LogP contribution in [0.15, 0.2) is 77.2 Å². The molecule has 0 aliphatic rings. The number of para-hydroxylation sites is 1. The van der Waals surface area contributed by atoms with Gasteiger partial charge in [0.15, 0.2) is 11.5 Å². The van der Waals surface area contributed by atoms with Crippen molar-refractivity contribution in [3.8, 4) is 11.5 Å². The summed E-state index contributed by atoms with van der Waals surface area (Å²) in [5, 5.41) is 5.93. The largest absolute Gasteiger partial charge is 0.493 e. The number of ether oxygens (including phenoxy) is 2. The number of hydrogen-bond acceptors (Lipinski definition) is 7. The average molecular weight is 553 g/mol. The molecule has 0 spiro atoms. The van der Waals surface area contributed by atoms with Gasteiger partial charge in [0.25, 0.3) is 11.8 Å². The van der Waals surface area contributed by atoms with Gasteiger partial charge in [0, 0.05) is 36.8 Å². The van der Waals surface area contributed by atoms with Gasteiger partial charge in [-0.1, -0.05) is 18.2 Å². The second-order valence-corrected chi connectivity index (χ2v) is 10.6. The maximum Gasteiger partial charge on any atom is 0.307 e. The lowest BCUT2D eigenvalue weighted by molar-refractivity contribution is -0.118. The molecule has 2 heterocycles. The molecule has 0 unspecified atom stereocenters. The number of nitrogens with zero attached hydrogens (tertiary/aromatic N) is 2. The van der Waals surface area contributed by atoms with E-state index in [-0.39, 0.29) is 17.8 Å². The summed E-state index contributed by atoms with van der Waals surface area (Å²) >= 11 is 0. The Hall–Kier alpha value is -4.55. The summed E-state index contributed by atoms with van der Waals surface area (Å²) in [4.78, 5) is 26.5. The van der Waals surface area contributed by atoms with Gasteiger partial charge in [0.2, 0.25) is 0 Å². The number of rotatable bonds is 10. The predicted octanol–water partition coefficient (Wildman–Crippen LogP) is 2.99. The third-order valence-electron chi connectivity index (χ3n) is 5.86. The second kappa shape index (κ2) is 11.5. The van der Waals surface area contributed by atoms with Crippen LogP contribution in [-0.2, 0) is 21.5 Å². The first kappa shape index (κ1) is 27.5. The van der Waals surface area contributed by atoms with Crippen LogP contribution in [-0.4, -0.2) is 56.8 Å². The molecule has 204 valence electrons. The number of amides is 2. The van der Waals surface area contributed by atoms with Gasteiger partial charge in [-0.05, 0) is 42.5 Å². The van der Waals surface area contributed by atoms with Gasteiger partial charge in [0.1, 0.15) is 11.5 Å².